The van der Waals surface area contributed by atoms with Crippen LogP contribution in [0.15, 0.2) is 0 Å². The summed E-state index contributed by atoms with van der Waals surface area (Å²) in [5, 5.41) is 8.85. The number of urea groups is 1. The highest BCUT2D eigenvalue weighted by molar-refractivity contribution is 5.77. The van der Waals surface area contributed by atoms with Crippen LogP contribution < -0.4 is 16.0 Å². The van der Waals surface area contributed by atoms with Crippen LogP contribution in [-0.4, -0.2) is 61.3 Å². The van der Waals surface area contributed by atoms with Gasteiger partial charge in [0.05, 0.1) is 6.61 Å². The molecular weight excluding hydrogens is 348 g/mol. The fraction of sp³-hybridized carbons (Fsp3) is 0.842. The number of hydrogen-bond acceptors (Lipinski definition) is 4. The van der Waals surface area contributed by atoms with E-state index in [0.717, 1.165) is 25.7 Å². The van der Waals surface area contributed by atoms with E-state index in [1.807, 2.05) is 0 Å². The van der Waals surface area contributed by atoms with E-state index in [1.54, 1.807) is 11.8 Å². The van der Waals surface area contributed by atoms with Gasteiger partial charge in [-0.25, -0.2) is 9.59 Å². The Morgan fingerprint density at radius 1 is 0.963 bits per heavy atom. The molecule has 0 atom stereocenters. The van der Waals surface area contributed by atoms with Crippen LogP contribution in [0.25, 0.3) is 0 Å². The molecule has 3 N–H and O–H groups in total. The van der Waals surface area contributed by atoms with Crippen LogP contribution in [0.4, 0.5) is 9.59 Å². The standard InChI is InChI=1S/C19H34N4O4/c1-2-27-19(26)23-13-10-16(11-14-23)21-17(24)9-6-12-20-18(25)22-15-7-4-3-5-8-15/h15-16H,2-14H2,1H3,(H,21,24)(H2,20,22,25). The van der Waals surface area contributed by atoms with Gasteiger partial charge >= 0.3 is 12.1 Å². The average molecular weight is 383 g/mol. The third-order valence-electron chi connectivity index (χ3n) is 5.19. The maximum atomic E-state index is 12.0. The number of hydrogen-bond donors (Lipinski definition) is 3. The minimum absolute atomic E-state index is 0.000858. The van der Waals surface area contributed by atoms with Gasteiger partial charge in [0.1, 0.15) is 0 Å². The molecule has 2 aliphatic rings. The van der Waals surface area contributed by atoms with Crippen LogP contribution in [0.2, 0.25) is 0 Å². The van der Waals surface area contributed by atoms with Gasteiger partial charge in [0, 0.05) is 38.1 Å². The second-order valence-electron chi connectivity index (χ2n) is 7.37. The summed E-state index contributed by atoms with van der Waals surface area (Å²) >= 11 is 0. The predicted octanol–water partition coefficient (Wildman–Crippen LogP) is 2.14. The van der Waals surface area contributed by atoms with Crippen molar-refractivity contribution in [3.8, 4) is 0 Å². The minimum Gasteiger partial charge on any atom is -0.450 e. The number of amides is 4. The Kier molecular flexibility index (Phi) is 9.21. The Bertz CT molecular complexity index is 486. The molecule has 0 unspecified atom stereocenters. The third-order valence-corrected chi connectivity index (χ3v) is 5.19. The lowest BCUT2D eigenvalue weighted by Gasteiger charge is -2.31. The fourth-order valence-electron chi connectivity index (χ4n) is 3.66. The molecule has 0 aromatic heterocycles. The molecule has 1 heterocycles. The summed E-state index contributed by atoms with van der Waals surface area (Å²) in [6, 6.07) is 0.266. The largest absolute Gasteiger partial charge is 0.450 e. The maximum absolute atomic E-state index is 12.0. The van der Waals surface area contributed by atoms with Crippen LogP contribution in [0.1, 0.15) is 64.7 Å². The van der Waals surface area contributed by atoms with Crippen LogP contribution in [0.3, 0.4) is 0 Å². The highest BCUT2D eigenvalue weighted by Crippen LogP contribution is 2.17. The van der Waals surface area contributed by atoms with E-state index in [2.05, 4.69) is 16.0 Å². The normalized spacial score (nSPS) is 18.6. The maximum Gasteiger partial charge on any atom is 0.409 e. The first-order valence-corrected chi connectivity index (χ1v) is 10.3. The molecule has 1 aliphatic carbocycles. The Morgan fingerprint density at radius 3 is 2.30 bits per heavy atom. The van der Waals surface area contributed by atoms with Crippen molar-refractivity contribution in [1.82, 2.24) is 20.9 Å². The lowest BCUT2D eigenvalue weighted by atomic mass is 9.96. The summed E-state index contributed by atoms with van der Waals surface area (Å²) in [6.07, 6.45) is 7.96. The number of piperidine rings is 1. The van der Waals surface area contributed by atoms with E-state index in [4.69, 9.17) is 4.74 Å². The van der Waals surface area contributed by atoms with Gasteiger partial charge in [0.2, 0.25) is 5.91 Å². The second-order valence-corrected chi connectivity index (χ2v) is 7.37. The highest BCUT2D eigenvalue weighted by Gasteiger charge is 2.24. The van der Waals surface area contributed by atoms with E-state index in [-0.39, 0.29) is 24.1 Å². The summed E-state index contributed by atoms with van der Waals surface area (Å²) in [4.78, 5) is 37.2. The van der Waals surface area contributed by atoms with Gasteiger partial charge in [-0.05, 0) is 39.0 Å². The van der Waals surface area contributed by atoms with Crippen molar-refractivity contribution in [2.24, 2.45) is 0 Å². The quantitative estimate of drug-likeness (QED) is 0.587. The van der Waals surface area contributed by atoms with Gasteiger partial charge < -0.3 is 25.6 Å². The molecule has 0 spiro atoms. The Labute approximate surface area is 161 Å². The Hall–Kier alpha value is -1.99. The van der Waals surface area contributed by atoms with Crippen molar-refractivity contribution in [3.63, 3.8) is 0 Å². The van der Waals surface area contributed by atoms with Gasteiger partial charge in [0.25, 0.3) is 0 Å². The number of nitrogens with zero attached hydrogens (tertiary/aromatic N) is 1. The topological polar surface area (TPSA) is 99.8 Å². The van der Waals surface area contributed by atoms with E-state index < -0.39 is 0 Å². The van der Waals surface area contributed by atoms with Crippen LogP contribution >= 0.6 is 0 Å². The van der Waals surface area contributed by atoms with Crippen molar-refractivity contribution in [1.29, 1.82) is 0 Å². The number of nitrogens with one attached hydrogen (secondary N) is 3. The number of carbonyl (C=O) groups excluding carboxylic acids is 3. The number of ether oxygens (including phenoxy) is 1. The fourth-order valence-corrected chi connectivity index (χ4v) is 3.66. The minimum atomic E-state index is -0.278. The zero-order chi connectivity index (χ0) is 19.5. The summed E-state index contributed by atoms with van der Waals surface area (Å²) in [6.45, 7) is 3.87. The molecule has 0 aromatic rings. The van der Waals surface area contributed by atoms with Gasteiger partial charge in [-0.2, -0.15) is 0 Å². The van der Waals surface area contributed by atoms with E-state index in [9.17, 15) is 14.4 Å². The SMILES string of the molecule is CCOC(=O)N1CCC(NC(=O)CCCNC(=O)NC2CCCCC2)CC1. The predicted molar refractivity (Wildman–Crippen MR) is 102 cm³/mol. The lowest BCUT2D eigenvalue weighted by Crippen LogP contribution is -2.46. The zero-order valence-corrected chi connectivity index (χ0v) is 16.4. The summed E-state index contributed by atoms with van der Waals surface area (Å²) in [5.41, 5.74) is 0. The van der Waals surface area contributed by atoms with Crippen molar-refractivity contribution >= 4 is 18.0 Å². The van der Waals surface area contributed by atoms with E-state index in [0.29, 0.717) is 45.1 Å². The first-order valence-electron chi connectivity index (χ1n) is 10.3. The monoisotopic (exact) mass is 382 g/mol. The molecule has 154 valence electrons. The molecule has 2 rings (SSSR count). The summed E-state index contributed by atoms with van der Waals surface area (Å²) in [5.74, 6) is -0.000858. The Balaban J connectivity index is 1.51. The molecule has 8 heteroatoms. The summed E-state index contributed by atoms with van der Waals surface area (Å²) < 4.78 is 4.99. The molecular formula is C19H34N4O4. The highest BCUT2D eigenvalue weighted by atomic mass is 16.6. The first kappa shape index (κ1) is 21.3. The van der Waals surface area contributed by atoms with Gasteiger partial charge in [-0.1, -0.05) is 19.3 Å². The molecule has 2 fully saturated rings. The lowest BCUT2D eigenvalue weighted by molar-refractivity contribution is -0.122. The molecule has 4 amide bonds. The van der Waals surface area contributed by atoms with Crippen LogP contribution in [0.5, 0.6) is 0 Å². The zero-order valence-electron chi connectivity index (χ0n) is 16.4. The van der Waals surface area contributed by atoms with E-state index >= 15 is 0 Å². The molecule has 27 heavy (non-hydrogen) atoms. The van der Waals surface area contributed by atoms with Crippen molar-refractivity contribution in [2.75, 3.05) is 26.2 Å². The first-order chi connectivity index (χ1) is 13.1. The molecule has 8 nitrogen and oxygen atoms in total. The molecule has 0 bridgehead atoms. The second kappa shape index (κ2) is 11.7. The molecule has 1 aliphatic heterocycles. The van der Waals surface area contributed by atoms with Gasteiger partial charge in [-0.3, -0.25) is 4.79 Å². The van der Waals surface area contributed by atoms with Crippen molar-refractivity contribution in [3.05, 3.63) is 0 Å². The average Bonchev–Trinajstić information content (AvgIpc) is 2.67. The molecule has 1 saturated carbocycles. The summed E-state index contributed by atoms with van der Waals surface area (Å²) in [7, 11) is 0. The van der Waals surface area contributed by atoms with E-state index in [1.165, 1.54) is 19.3 Å². The van der Waals surface area contributed by atoms with Gasteiger partial charge in [0.15, 0.2) is 0 Å². The third kappa shape index (κ3) is 8.05. The number of carbonyl (C=O) groups is 3. The molecule has 0 radical (unpaired) electrons. The van der Waals surface area contributed by atoms with Crippen LogP contribution in [0, 0.1) is 0 Å². The van der Waals surface area contributed by atoms with Crippen LogP contribution in [-0.2, 0) is 9.53 Å². The van der Waals surface area contributed by atoms with Crippen molar-refractivity contribution < 1.29 is 19.1 Å². The Morgan fingerprint density at radius 2 is 1.63 bits per heavy atom. The smallest absolute Gasteiger partial charge is 0.409 e. The molecule has 1 saturated heterocycles. The van der Waals surface area contributed by atoms with Gasteiger partial charge in [-0.15, -0.1) is 0 Å². The molecule has 0 aromatic carbocycles. The number of rotatable bonds is 7. The number of likely N-dealkylation sites (tertiary alicyclic amines) is 1. The van der Waals surface area contributed by atoms with Crippen molar-refractivity contribution in [2.45, 2.75) is 76.8 Å².